The minimum Gasteiger partial charge on any atom is -0.385 e. The molecule has 1 aromatic rings. The third-order valence-corrected chi connectivity index (χ3v) is 8.91. The molecule has 0 saturated carbocycles. The molecule has 1 amide bonds. The number of amidine groups is 1. The molecular weight excluding hydrogens is 557 g/mol. The van der Waals surface area contributed by atoms with E-state index in [0.717, 1.165) is 38.5 Å². The first-order valence-corrected chi connectivity index (χ1v) is 16.1. The monoisotopic (exact) mass is 603 g/mol. The summed E-state index contributed by atoms with van der Waals surface area (Å²) in [5.41, 5.74) is 7.48. The normalized spacial score (nSPS) is 26.2. The van der Waals surface area contributed by atoms with Crippen LogP contribution in [0.2, 0.25) is 0 Å². The van der Waals surface area contributed by atoms with Crippen LogP contribution >= 0.6 is 11.8 Å². The lowest BCUT2D eigenvalue weighted by Gasteiger charge is -2.38. The van der Waals surface area contributed by atoms with E-state index >= 15 is 0 Å². The van der Waals surface area contributed by atoms with Crippen LogP contribution in [0, 0.1) is 0 Å². The van der Waals surface area contributed by atoms with Gasteiger partial charge in [-0.25, -0.2) is 9.38 Å². The van der Waals surface area contributed by atoms with Crippen molar-refractivity contribution in [1.29, 1.82) is 0 Å². The number of aliphatic imine (C=N–C) groups is 1. The van der Waals surface area contributed by atoms with E-state index in [9.17, 15) is 9.18 Å². The van der Waals surface area contributed by atoms with Crippen molar-refractivity contribution in [3.63, 3.8) is 0 Å². The average molecular weight is 604 g/mol. The average Bonchev–Trinajstić information content (AvgIpc) is 3.04. The van der Waals surface area contributed by atoms with E-state index in [0.29, 0.717) is 38.5 Å². The minimum atomic E-state index is -0.933. The summed E-state index contributed by atoms with van der Waals surface area (Å²) in [6.45, 7) is 6.12. The summed E-state index contributed by atoms with van der Waals surface area (Å²) < 4.78 is 30.7. The molecule has 9 nitrogen and oxygen atoms in total. The molecule has 0 unspecified atom stereocenters. The van der Waals surface area contributed by atoms with Gasteiger partial charge in [-0.15, -0.1) is 11.8 Å². The molecule has 3 heterocycles. The van der Waals surface area contributed by atoms with Crippen LogP contribution in [-0.4, -0.2) is 93.8 Å². The second-order valence-electron chi connectivity index (χ2n) is 11.1. The standard InChI is InChI=1S/C31H46FN5O4S/c1-21(34-19-24-5-4-6-28(41-24)22-7-9-25(42-3)10-8-22)17-27(36-30(33)18-32)31(38)37-14-11-23(12-15-37)35-26-13-16-40-20-29(26)39-2/h7-10,17,23-24,26,28-29,34-35H,1,4-6,11-16,18-20H2,2-3H3,(H2,33,36)/b27-17-/t24-,26+,28+,29-/m1/s1. The van der Waals surface area contributed by atoms with Gasteiger partial charge in [-0.1, -0.05) is 18.7 Å². The number of nitrogens with zero attached hydrogens (tertiary/aromatic N) is 2. The Hall–Kier alpha value is -2.44. The summed E-state index contributed by atoms with van der Waals surface area (Å²) in [5, 5.41) is 6.97. The number of carbonyl (C=O) groups is 1. The van der Waals surface area contributed by atoms with Gasteiger partial charge in [0.1, 0.15) is 18.2 Å². The predicted octanol–water partition coefficient (Wildman–Crippen LogP) is 3.72. The summed E-state index contributed by atoms with van der Waals surface area (Å²) in [6.07, 6.45) is 9.20. The summed E-state index contributed by atoms with van der Waals surface area (Å²) in [7, 11) is 1.71. The highest BCUT2D eigenvalue weighted by Gasteiger charge is 2.31. The molecule has 3 saturated heterocycles. The number of thioether (sulfide) groups is 1. The molecule has 4 rings (SSSR count). The number of methoxy groups -OCH3 is 1. The maximum absolute atomic E-state index is 13.5. The van der Waals surface area contributed by atoms with Crippen LogP contribution in [0.1, 0.15) is 50.2 Å². The first-order chi connectivity index (χ1) is 20.4. The molecule has 1 aromatic carbocycles. The Labute approximate surface area is 253 Å². The number of nitrogens with one attached hydrogen (secondary N) is 2. The Morgan fingerprint density at radius 1 is 1.24 bits per heavy atom. The molecule has 0 spiro atoms. The van der Waals surface area contributed by atoms with Gasteiger partial charge in [-0.05, 0) is 68.6 Å². The molecule has 3 fully saturated rings. The summed E-state index contributed by atoms with van der Waals surface area (Å²) >= 11 is 1.72. The number of allylic oxidation sites excluding steroid dienone is 1. The zero-order chi connectivity index (χ0) is 29.9. The largest absolute Gasteiger partial charge is 0.385 e. The first-order valence-electron chi connectivity index (χ1n) is 14.9. The number of alkyl halides is 1. The van der Waals surface area contributed by atoms with Gasteiger partial charge < -0.3 is 35.5 Å². The van der Waals surface area contributed by atoms with Crippen LogP contribution in [-0.2, 0) is 19.0 Å². The van der Waals surface area contributed by atoms with Crippen LogP contribution in [0.25, 0.3) is 0 Å². The van der Waals surface area contributed by atoms with Crippen molar-refractivity contribution >= 4 is 23.5 Å². The number of amides is 1. The van der Waals surface area contributed by atoms with Crippen LogP contribution in [0.3, 0.4) is 0 Å². The summed E-state index contributed by atoms with van der Waals surface area (Å²) in [4.78, 5) is 20.5. The lowest BCUT2D eigenvalue weighted by molar-refractivity contribution is -0.128. The molecule has 0 radical (unpaired) electrons. The SMILES string of the molecule is C=C(/C=C(\N=C(/N)CF)C(=O)N1CCC(N[C@H]2CCOC[C@H]2OC)CC1)NC[C@H]1CCC[C@@H](c2ccc(SC)cc2)O1. The van der Waals surface area contributed by atoms with E-state index in [1.807, 2.05) is 0 Å². The van der Waals surface area contributed by atoms with Crippen molar-refractivity contribution in [2.45, 2.75) is 73.8 Å². The van der Waals surface area contributed by atoms with E-state index in [4.69, 9.17) is 19.9 Å². The van der Waals surface area contributed by atoms with Gasteiger partial charge in [0.15, 0.2) is 0 Å². The van der Waals surface area contributed by atoms with Gasteiger partial charge in [0.2, 0.25) is 0 Å². The molecule has 4 N–H and O–H groups in total. The topological polar surface area (TPSA) is 110 Å². The van der Waals surface area contributed by atoms with Crippen molar-refractivity contribution in [2.75, 3.05) is 52.9 Å². The number of nitrogens with two attached hydrogens (primary N) is 1. The molecule has 0 aromatic heterocycles. The maximum atomic E-state index is 13.5. The lowest BCUT2D eigenvalue weighted by Crippen LogP contribution is -2.54. The summed E-state index contributed by atoms with van der Waals surface area (Å²) in [5.74, 6) is -0.522. The number of ether oxygens (including phenoxy) is 3. The number of benzene rings is 1. The van der Waals surface area contributed by atoms with Crippen molar-refractivity contribution in [3.05, 3.63) is 53.9 Å². The van der Waals surface area contributed by atoms with Crippen LogP contribution in [0.5, 0.6) is 0 Å². The van der Waals surface area contributed by atoms with Crippen LogP contribution in [0.15, 0.2) is 58.2 Å². The Kier molecular flexibility index (Phi) is 12.7. The van der Waals surface area contributed by atoms with Crippen LogP contribution < -0.4 is 16.4 Å². The fourth-order valence-electron chi connectivity index (χ4n) is 5.75. The second-order valence-corrected chi connectivity index (χ2v) is 12.0. The Morgan fingerprint density at radius 3 is 2.69 bits per heavy atom. The number of halogens is 1. The first kappa shape index (κ1) is 32.5. The Bertz CT molecular complexity index is 1090. The molecule has 0 aliphatic carbocycles. The predicted molar refractivity (Wildman–Crippen MR) is 165 cm³/mol. The highest BCUT2D eigenvalue weighted by Crippen LogP contribution is 2.32. The van der Waals surface area contributed by atoms with E-state index in [1.165, 1.54) is 10.5 Å². The van der Waals surface area contributed by atoms with Crippen molar-refractivity contribution in [1.82, 2.24) is 15.5 Å². The van der Waals surface area contributed by atoms with Crippen molar-refractivity contribution in [3.8, 4) is 0 Å². The molecule has 11 heteroatoms. The van der Waals surface area contributed by atoms with E-state index < -0.39 is 6.67 Å². The molecule has 3 aliphatic heterocycles. The van der Waals surface area contributed by atoms with Gasteiger partial charge in [0, 0.05) is 56.0 Å². The van der Waals surface area contributed by atoms with E-state index in [-0.39, 0.29) is 47.8 Å². The molecule has 0 bridgehead atoms. The quantitative estimate of drug-likeness (QED) is 0.109. The number of carbonyl (C=O) groups excluding carboxylic acids is 1. The van der Waals surface area contributed by atoms with Gasteiger partial charge in [0.05, 0.1) is 24.9 Å². The highest BCUT2D eigenvalue weighted by atomic mass is 32.2. The second kappa shape index (κ2) is 16.4. The Morgan fingerprint density at radius 2 is 2.00 bits per heavy atom. The third-order valence-electron chi connectivity index (χ3n) is 8.16. The van der Waals surface area contributed by atoms with Gasteiger partial charge in [0.25, 0.3) is 5.91 Å². The lowest BCUT2D eigenvalue weighted by atomic mass is 9.98. The van der Waals surface area contributed by atoms with Crippen LogP contribution in [0.4, 0.5) is 4.39 Å². The number of likely N-dealkylation sites (tertiary alicyclic amines) is 1. The molecule has 232 valence electrons. The molecule has 3 aliphatic rings. The molecular formula is C31H46FN5O4S. The van der Waals surface area contributed by atoms with E-state index in [2.05, 4.69) is 52.7 Å². The molecule has 42 heavy (non-hydrogen) atoms. The molecule has 4 atom stereocenters. The smallest absolute Gasteiger partial charge is 0.272 e. The number of rotatable bonds is 12. The van der Waals surface area contributed by atoms with Crippen molar-refractivity contribution < 1.29 is 23.4 Å². The number of piperidine rings is 1. The maximum Gasteiger partial charge on any atom is 0.272 e. The third kappa shape index (κ3) is 9.28. The Balaban J connectivity index is 1.31. The van der Waals surface area contributed by atoms with Gasteiger partial charge in [-0.3, -0.25) is 4.79 Å². The fourth-order valence-corrected chi connectivity index (χ4v) is 6.16. The van der Waals surface area contributed by atoms with Gasteiger partial charge in [-0.2, -0.15) is 0 Å². The van der Waals surface area contributed by atoms with Crippen molar-refractivity contribution in [2.24, 2.45) is 10.7 Å². The number of hydrogen-bond acceptors (Lipinski definition) is 8. The summed E-state index contributed by atoms with van der Waals surface area (Å²) in [6, 6.07) is 9.04. The van der Waals surface area contributed by atoms with Gasteiger partial charge >= 0.3 is 0 Å². The number of hydrogen-bond donors (Lipinski definition) is 3. The zero-order valence-electron chi connectivity index (χ0n) is 24.9. The zero-order valence-corrected chi connectivity index (χ0v) is 25.7. The van der Waals surface area contributed by atoms with E-state index in [1.54, 1.807) is 29.8 Å². The fraction of sp³-hybridized carbons (Fsp3) is 0.613. The minimum absolute atomic E-state index is 0.00708. The highest BCUT2D eigenvalue weighted by molar-refractivity contribution is 7.98.